The van der Waals surface area contributed by atoms with Crippen LogP contribution in [0.5, 0.6) is 0 Å². The number of nitriles is 1. The molecular weight excluding hydrogens is 604 g/mol. The van der Waals surface area contributed by atoms with Gasteiger partial charge in [0.25, 0.3) is 0 Å². The van der Waals surface area contributed by atoms with Crippen LogP contribution in [-0.2, 0) is 22.7 Å². The van der Waals surface area contributed by atoms with Crippen LogP contribution in [0, 0.1) is 28.5 Å². The molecule has 0 bridgehead atoms. The summed E-state index contributed by atoms with van der Waals surface area (Å²) in [6.07, 6.45) is 5.30. The first-order valence-corrected chi connectivity index (χ1v) is 17.4. The molecule has 45 heavy (non-hydrogen) atoms. The number of hydrogen-bond acceptors (Lipinski definition) is 7. The molecule has 3 aliphatic heterocycles. The number of rotatable bonds is 3. The number of halogens is 1. The van der Waals surface area contributed by atoms with Crippen molar-refractivity contribution >= 4 is 58.6 Å². The van der Waals surface area contributed by atoms with Crippen molar-refractivity contribution in [3.8, 4) is 17.3 Å². The number of benzene rings is 1. The molecule has 2 saturated heterocycles. The Morgan fingerprint density at radius 2 is 1.91 bits per heavy atom. The Hall–Kier alpha value is -2.89. The number of aliphatic imine (C=N–C) groups is 1. The number of nitrogen functional groups attached to an aromatic ring is 1. The number of amidine groups is 1. The molecule has 1 spiro atoms. The number of hydrogen-bond donors (Lipinski definition) is 1. The molecule has 7 nitrogen and oxygen atoms in total. The number of fused-ring (bicyclic) bond motifs is 2. The number of ether oxygens (including phenoxy) is 2. The Balaban J connectivity index is 0.000000871. The van der Waals surface area contributed by atoms with Gasteiger partial charge in [0.05, 0.1) is 48.6 Å². The molecule has 2 atom stereocenters. The molecule has 3 aromatic rings. The fraction of sp³-hybridized carbons (Fsp3) is 0.514. The highest BCUT2D eigenvalue weighted by Crippen LogP contribution is 2.43. The SMILES string of the molecule is CC.CCC.CCC(C)=c1c(P)c(-c2ncc(F)c3sc(N)c(C#N)c23)c2c(/c1=C/N=C(C)N1CC(C)C3(COC3)C1)COC2. The smallest absolute Gasteiger partial charge is 0.159 e. The lowest BCUT2D eigenvalue weighted by Gasteiger charge is -2.41. The first-order valence-electron chi connectivity index (χ1n) is 16.0. The van der Waals surface area contributed by atoms with Crippen LogP contribution in [0.25, 0.3) is 33.1 Å². The number of thiophene rings is 1. The summed E-state index contributed by atoms with van der Waals surface area (Å²) < 4.78 is 26.7. The second kappa shape index (κ2) is 14.7. The number of nitrogens with two attached hydrogens (primary N) is 1. The number of aromatic nitrogens is 1. The molecule has 2 aromatic heterocycles. The van der Waals surface area contributed by atoms with Crippen molar-refractivity contribution in [3.05, 3.63) is 39.1 Å². The summed E-state index contributed by atoms with van der Waals surface area (Å²) >= 11 is 1.09. The van der Waals surface area contributed by atoms with Crippen LogP contribution in [0.4, 0.5) is 9.39 Å². The fourth-order valence-corrected chi connectivity index (χ4v) is 7.90. The van der Waals surface area contributed by atoms with Crippen LogP contribution in [0.1, 0.15) is 84.9 Å². The van der Waals surface area contributed by atoms with Crippen LogP contribution in [0.3, 0.4) is 0 Å². The minimum absolute atomic E-state index is 0.249. The minimum Gasteiger partial charge on any atom is -0.389 e. The van der Waals surface area contributed by atoms with Gasteiger partial charge in [-0.1, -0.05) is 53.5 Å². The van der Waals surface area contributed by atoms with E-state index < -0.39 is 5.82 Å². The third kappa shape index (κ3) is 6.27. The molecule has 0 aliphatic carbocycles. The lowest BCUT2D eigenvalue weighted by molar-refractivity contribution is -0.123. The zero-order chi connectivity index (χ0) is 33.1. The first-order chi connectivity index (χ1) is 21.6. The molecule has 2 unspecified atom stereocenters. The van der Waals surface area contributed by atoms with Gasteiger partial charge in [-0.15, -0.1) is 20.6 Å². The van der Waals surface area contributed by atoms with Crippen LogP contribution in [-0.4, -0.2) is 42.0 Å². The van der Waals surface area contributed by atoms with E-state index >= 15 is 0 Å². The summed E-state index contributed by atoms with van der Waals surface area (Å²) in [5.74, 6) is 1.08. The predicted molar refractivity (Wildman–Crippen MR) is 189 cm³/mol. The van der Waals surface area contributed by atoms with Gasteiger partial charge in [-0.25, -0.2) is 9.38 Å². The topological polar surface area (TPSA) is 96.8 Å². The van der Waals surface area contributed by atoms with Gasteiger partial charge in [-0.2, -0.15) is 5.26 Å². The number of anilines is 1. The largest absolute Gasteiger partial charge is 0.389 e. The second-order valence-corrected chi connectivity index (χ2v) is 13.6. The quantitative estimate of drug-likeness (QED) is 0.205. The normalized spacial score (nSPS) is 19.4. The van der Waals surface area contributed by atoms with Gasteiger partial charge >= 0.3 is 0 Å². The summed E-state index contributed by atoms with van der Waals surface area (Å²) in [5.41, 5.74) is 11.3. The fourth-order valence-electron chi connectivity index (χ4n) is 6.26. The molecule has 0 radical (unpaired) electrons. The zero-order valence-corrected chi connectivity index (χ0v) is 29.9. The van der Waals surface area contributed by atoms with E-state index in [0.717, 1.165) is 82.3 Å². The number of likely N-dealkylation sites (tertiary alicyclic amines) is 1. The van der Waals surface area contributed by atoms with Gasteiger partial charge in [0.2, 0.25) is 0 Å². The van der Waals surface area contributed by atoms with Crippen molar-refractivity contribution in [3.63, 3.8) is 0 Å². The molecule has 10 heteroatoms. The Morgan fingerprint density at radius 1 is 1.24 bits per heavy atom. The minimum atomic E-state index is -0.479. The van der Waals surface area contributed by atoms with Crippen LogP contribution >= 0.6 is 20.6 Å². The van der Waals surface area contributed by atoms with E-state index in [2.05, 4.69) is 66.7 Å². The first kappa shape index (κ1) is 35.0. The van der Waals surface area contributed by atoms with Crippen LogP contribution in [0.15, 0.2) is 11.2 Å². The van der Waals surface area contributed by atoms with Gasteiger partial charge in [-0.05, 0) is 47.8 Å². The van der Waals surface area contributed by atoms with E-state index in [-0.39, 0.29) is 11.0 Å². The average molecular weight is 652 g/mol. The Kier molecular flexibility index (Phi) is 11.4. The van der Waals surface area contributed by atoms with Gasteiger partial charge < -0.3 is 20.1 Å². The molecule has 242 valence electrons. The summed E-state index contributed by atoms with van der Waals surface area (Å²) in [6, 6.07) is 2.18. The van der Waals surface area contributed by atoms with Gasteiger partial charge in [0, 0.05) is 40.9 Å². The molecule has 2 fully saturated rings. The summed E-state index contributed by atoms with van der Waals surface area (Å²) in [7, 11) is 2.90. The van der Waals surface area contributed by atoms with E-state index in [1.165, 1.54) is 18.2 Å². The Bertz CT molecular complexity index is 1770. The molecule has 1 aromatic carbocycles. The molecule has 2 N–H and O–H groups in total. The van der Waals surface area contributed by atoms with E-state index in [9.17, 15) is 9.65 Å². The summed E-state index contributed by atoms with van der Waals surface area (Å²) in [6.45, 7) is 21.3. The lowest BCUT2D eigenvalue weighted by Crippen LogP contribution is -2.48. The van der Waals surface area contributed by atoms with Gasteiger partial charge in [-0.3, -0.25) is 4.98 Å². The lowest BCUT2D eigenvalue weighted by atomic mass is 9.77. The predicted octanol–water partition coefficient (Wildman–Crippen LogP) is 6.23. The molecule has 0 saturated carbocycles. The maximum absolute atomic E-state index is 14.8. The third-order valence-corrected chi connectivity index (χ3v) is 10.6. The molecule has 5 heterocycles. The highest BCUT2D eigenvalue weighted by Gasteiger charge is 2.50. The maximum Gasteiger partial charge on any atom is 0.159 e. The van der Waals surface area contributed by atoms with Crippen molar-refractivity contribution in [1.29, 1.82) is 5.26 Å². The summed E-state index contributed by atoms with van der Waals surface area (Å²) in [4.78, 5) is 11.9. The van der Waals surface area contributed by atoms with E-state index in [1.54, 1.807) is 0 Å². The second-order valence-electron chi connectivity index (χ2n) is 11.9. The van der Waals surface area contributed by atoms with Crippen molar-refractivity contribution < 1.29 is 13.9 Å². The molecule has 6 rings (SSSR count). The summed E-state index contributed by atoms with van der Waals surface area (Å²) in [5, 5.41) is 13.7. The molecule has 3 aliphatic rings. The van der Waals surface area contributed by atoms with E-state index in [0.29, 0.717) is 39.9 Å². The highest BCUT2D eigenvalue weighted by atomic mass is 32.1. The van der Waals surface area contributed by atoms with E-state index in [1.807, 2.05) is 20.0 Å². The van der Waals surface area contributed by atoms with Gasteiger partial charge in [0.1, 0.15) is 16.9 Å². The zero-order valence-electron chi connectivity index (χ0n) is 27.9. The number of pyridine rings is 1. The van der Waals surface area contributed by atoms with Gasteiger partial charge in [0.15, 0.2) is 5.82 Å². The molecular formula is C35H47FN5O2PS. The van der Waals surface area contributed by atoms with Crippen molar-refractivity contribution in [2.75, 3.05) is 32.0 Å². The van der Waals surface area contributed by atoms with E-state index in [4.69, 9.17) is 20.2 Å². The van der Waals surface area contributed by atoms with Crippen LogP contribution < -0.4 is 21.5 Å². The third-order valence-electron chi connectivity index (χ3n) is 8.96. The highest BCUT2D eigenvalue weighted by molar-refractivity contribution is 7.28. The molecule has 0 amide bonds. The average Bonchev–Trinajstić information content (AvgIpc) is 3.73. The van der Waals surface area contributed by atoms with Crippen LogP contribution in [0.2, 0.25) is 0 Å². The van der Waals surface area contributed by atoms with Crippen molar-refractivity contribution in [2.45, 2.75) is 81.4 Å². The monoisotopic (exact) mass is 651 g/mol. The maximum atomic E-state index is 14.8. The van der Waals surface area contributed by atoms with Crippen molar-refractivity contribution in [2.24, 2.45) is 16.3 Å². The Morgan fingerprint density at radius 3 is 2.49 bits per heavy atom. The number of nitrogens with zero attached hydrogens (tertiary/aromatic N) is 4. The Labute approximate surface area is 273 Å². The van der Waals surface area contributed by atoms with Crippen molar-refractivity contribution in [1.82, 2.24) is 9.88 Å². The standard InChI is InChI=1S/C30H33FN5O2PS.C3H8.C2H6/c1-5-15(2)23-19(7-34-17(4)36-9-16(3)30(12-36)13-38-14-30)20-10-37-11-21(20)24(27(23)39)26-25-18(6-32)29(33)40-28(25)22(31)8-35-26;1-3-2;1-2/h7-8,16H,5,9-14,33,39H2,1-4H3;3H2,1-2H3;1-2H3/b19-7-,23-15?,34-17?;;.